The monoisotopic (exact) mass is 293 g/mol. The van der Waals surface area contributed by atoms with Crippen molar-refractivity contribution < 1.29 is 4.79 Å². The number of amides is 1. The van der Waals surface area contributed by atoms with E-state index in [0.29, 0.717) is 17.9 Å². The van der Waals surface area contributed by atoms with E-state index in [2.05, 4.69) is 48.7 Å². The highest BCUT2D eigenvalue weighted by molar-refractivity contribution is 5.77. The molecule has 4 nitrogen and oxygen atoms in total. The molecule has 0 N–H and O–H groups in total. The van der Waals surface area contributed by atoms with Gasteiger partial charge in [-0.25, -0.2) is 0 Å². The van der Waals surface area contributed by atoms with Crippen molar-refractivity contribution in [3.05, 3.63) is 11.6 Å². The quantitative estimate of drug-likeness (QED) is 0.724. The Kier molecular flexibility index (Phi) is 5.82. The highest BCUT2D eigenvalue weighted by Gasteiger charge is 2.38. The van der Waals surface area contributed by atoms with Crippen LogP contribution in [-0.4, -0.2) is 73.5 Å². The van der Waals surface area contributed by atoms with Gasteiger partial charge in [0.2, 0.25) is 5.91 Å². The van der Waals surface area contributed by atoms with E-state index in [4.69, 9.17) is 0 Å². The molecule has 0 spiro atoms. The second-order valence-electron chi connectivity index (χ2n) is 6.92. The number of likely N-dealkylation sites (tertiary alicyclic amines) is 2. The maximum Gasteiger partial charge on any atom is 0.222 e. The van der Waals surface area contributed by atoms with Gasteiger partial charge < -0.3 is 9.80 Å². The standard InChI is InChI=1S/C17H31N3O/c1-5-14(2)12-19-9-8-16-15(13-19)6-7-17(21)20(16)11-10-18(3)4/h5,15-16H,6-13H2,1-4H3/b14-5+/t15-,16+/m1/s1. The number of hydrogen-bond acceptors (Lipinski definition) is 3. The van der Waals surface area contributed by atoms with E-state index in [9.17, 15) is 4.79 Å². The smallest absolute Gasteiger partial charge is 0.222 e. The Morgan fingerprint density at radius 2 is 2.14 bits per heavy atom. The maximum atomic E-state index is 12.3. The van der Waals surface area contributed by atoms with Crippen molar-refractivity contribution in [1.29, 1.82) is 0 Å². The molecule has 21 heavy (non-hydrogen) atoms. The summed E-state index contributed by atoms with van der Waals surface area (Å²) >= 11 is 0. The molecule has 0 saturated carbocycles. The average Bonchev–Trinajstić information content (AvgIpc) is 2.46. The van der Waals surface area contributed by atoms with Gasteiger partial charge in [0.05, 0.1) is 0 Å². The first-order valence-corrected chi connectivity index (χ1v) is 8.29. The normalized spacial score (nSPS) is 28.1. The SMILES string of the molecule is C/C=C(\C)CN1CC[C@H]2[C@H](CCC(=O)N2CCN(C)C)C1. The van der Waals surface area contributed by atoms with E-state index in [-0.39, 0.29) is 0 Å². The fourth-order valence-electron chi connectivity index (χ4n) is 3.61. The van der Waals surface area contributed by atoms with Crippen LogP contribution in [0.1, 0.15) is 33.1 Å². The summed E-state index contributed by atoms with van der Waals surface area (Å²) in [6.45, 7) is 9.55. The highest BCUT2D eigenvalue weighted by Crippen LogP contribution is 2.31. The van der Waals surface area contributed by atoms with Crippen LogP contribution in [0.25, 0.3) is 0 Å². The van der Waals surface area contributed by atoms with Crippen LogP contribution < -0.4 is 0 Å². The number of allylic oxidation sites excluding steroid dienone is 1. The first kappa shape index (κ1) is 16.5. The van der Waals surface area contributed by atoms with Crippen molar-refractivity contribution in [2.24, 2.45) is 5.92 Å². The van der Waals surface area contributed by atoms with Crippen molar-refractivity contribution in [2.75, 3.05) is 46.8 Å². The number of carbonyl (C=O) groups excluding carboxylic acids is 1. The van der Waals surface area contributed by atoms with Crippen molar-refractivity contribution in [1.82, 2.24) is 14.7 Å². The molecule has 2 saturated heterocycles. The molecule has 2 aliphatic rings. The third-order valence-corrected chi connectivity index (χ3v) is 4.98. The maximum absolute atomic E-state index is 12.3. The fraction of sp³-hybridized carbons (Fsp3) is 0.824. The molecule has 0 aromatic carbocycles. The third-order valence-electron chi connectivity index (χ3n) is 4.98. The molecule has 0 aromatic heterocycles. The topological polar surface area (TPSA) is 26.8 Å². The summed E-state index contributed by atoms with van der Waals surface area (Å²) in [5, 5.41) is 0. The molecule has 2 atom stereocenters. The van der Waals surface area contributed by atoms with Gasteiger partial charge in [0.25, 0.3) is 0 Å². The Hall–Kier alpha value is -0.870. The molecule has 2 aliphatic heterocycles. The van der Waals surface area contributed by atoms with E-state index in [1.54, 1.807) is 0 Å². The lowest BCUT2D eigenvalue weighted by Crippen LogP contribution is -2.57. The number of piperidine rings is 2. The molecule has 120 valence electrons. The van der Waals surface area contributed by atoms with Crippen LogP contribution in [0.4, 0.5) is 0 Å². The number of rotatable bonds is 5. The van der Waals surface area contributed by atoms with Gasteiger partial charge in [0.1, 0.15) is 0 Å². The van der Waals surface area contributed by atoms with Crippen LogP contribution in [-0.2, 0) is 4.79 Å². The minimum atomic E-state index is 0.371. The molecule has 4 heteroatoms. The predicted molar refractivity (Wildman–Crippen MR) is 87.3 cm³/mol. The molecule has 0 unspecified atom stereocenters. The molecule has 0 radical (unpaired) electrons. The zero-order chi connectivity index (χ0) is 15.4. The Morgan fingerprint density at radius 3 is 2.81 bits per heavy atom. The molecular formula is C17H31N3O. The predicted octanol–water partition coefficient (Wildman–Crippen LogP) is 1.83. The summed E-state index contributed by atoms with van der Waals surface area (Å²) < 4.78 is 0. The Morgan fingerprint density at radius 1 is 1.38 bits per heavy atom. The molecule has 0 aliphatic carbocycles. The Labute approximate surface area is 129 Å². The zero-order valence-electron chi connectivity index (χ0n) is 14.1. The Balaban J connectivity index is 1.95. The molecule has 2 heterocycles. The van der Waals surface area contributed by atoms with Crippen LogP contribution in [0.5, 0.6) is 0 Å². The summed E-state index contributed by atoms with van der Waals surface area (Å²) in [7, 11) is 4.16. The van der Waals surface area contributed by atoms with Gasteiger partial charge in [-0.3, -0.25) is 9.69 Å². The van der Waals surface area contributed by atoms with Crippen molar-refractivity contribution in [3.8, 4) is 0 Å². The molecular weight excluding hydrogens is 262 g/mol. The summed E-state index contributed by atoms with van der Waals surface area (Å²) in [6, 6.07) is 0.480. The average molecular weight is 293 g/mol. The second-order valence-corrected chi connectivity index (χ2v) is 6.92. The Bertz CT molecular complexity index is 391. The van der Waals surface area contributed by atoms with E-state index in [0.717, 1.165) is 52.0 Å². The van der Waals surface area contributed by atoms with Crippen molar-refractivity contribution in [3.63, 3.8) is 0 Å². The van der Waals surface area contributed by atoms with E-state index in [1.165, 1.54) is 5.57 Å². The lowest BCUT2D eigenvalue weighted by molar-refractivity contribution is -0.141. The summed E-state index contributed by atoms with van der Waals surface area (Å²) in [6.07, 6.45) is 5.17. The van der Waals surface area contributed by atoms with Crippen LogP contribution in [0.2, 0.25) is 0 Å². The lowest BCUT2D eigenvalue weighted by Gasteiger charge is -2.47. The number of fused-ring (bicyclic) bond motifs is 1. The second kappa shape index (κ2) is 7.41. The first-order chi connectivity index (χ1) is 10.0. The minimum Gasteiger partial charge on any atom is -0.338 e. The van der Waals surface area contributed by atoms with Crippen LogP contribution in [0, 0.1) is 5.92 Å². The van der Waals surface area contributed by atoms with Gasteiger partial charge in [-0.2, -0.15) is 0 Å². The van der Waals surface area contributed by atoms with Gasteiger partial charge in [0.15, 0.2) is 0 Å². The van der Waals surface area contributed by atoms with E-state index < -0.39 is 0 Å². The summed E-state index contributed by atoms with van der Waals surface area (Å²) in [5.74, 6) is 1.04. The van der Waals surface area contributed by atoms with Gasteiger partial charge in [0, 0.05) is 45.2 Å². The summed E-state index contributed by atoms with van der Waals surface area (Å²) in [4.78, 5) is 19.2. The van der Waals surface area contributed by atoms with Crippen molar-refractivity contribution in [2.45, 2.75) is 39.2 Å². The lowest BCUT2D eigenvalue weighted by atomic mass is 9.83. The first-order valence-electron chi connectivity index (χ1n) is 8.29. The van der Waals surface area contributed by atoms with Gasteiger partial charge in [-0.05, 0) is 46.7 Å². The highest BCUT2D eigenvalue weighted by atomic mass is 16.2. The number of likely N-dealkylation sites (N-methyl/N-ethyl adjacent to an activating group) is 1. The molecule has 0 aromatic rings. The van der Waals surface area contributed by atoms with E-state index >= 15 is 0 Å². The van der Waals surface area contributed by atoms with Crippen LogP contribution in [0.3, 0.4) is 0 Å². The number of nitrogens with zero attached hydrogens (tertiary/aromatic N) is 3. The number of hydrogen-bond donors (Lipinski definition) is 0. The van der Waals surface area contributed by atoms with Crippen LogP contribution in [0.15, 0.2) is 11.6 Å². The summed E-state index contributed by atoms with van der Waals surface area (Å²) in [5.41, 5.74) is 1.45. The van der Waals surface area contributed by atoms with E-state index in [1.807, 2.05) is 0 Å². The molecule has 1 amide bonds. The molecule has 2 fully saturated rings. The van der Waals surface area contributed by atoms with Gasteiger partial charge >= 0.3 is 0 Å². The van der Waals surface area contributed by atoms with Gasteiger partial charge in [-0.15, -0.1) is 0 Å². The molecule has 0 bridgehead atoms. The molecule has 2 rings (SSSR count). The van der Waals surface area contributed by atoms with Crippen molar-refractivity contribution >= 4 is 5.91 Å². The van der Waals surface area contributed by atoms with Gasteiger partial charge in [-0.1, -0.05) is 11.6 Å². The largest absolute Gasteiger partial charge is 0.338 e. The number of carbonyl (C=O) groups is 1. The van der Waals surface area contributed by atoms with Crippen LogP contribution >= 0.6 is 0 Å². The third kappa shape index (κ3) is 4.30. The zero-order valence-corrected chi connectivity index (χ0v) is 14.1. The minimum absolute atomic E-state index is 0.371. The fourth-order valence-corrected chi connectivity index (χ4v) is 3.61.